The van der Waals surface area contributed by atoms with Crippen LogP contribution in [-0.2, 0) is 9.31 Å². The molecule has 1 aliphatic rings. The van der Waals surface area contributed by atoms with Crippen LogP contribution in [0, 0.1) is 0 Å². The van der Waals surface area contributed by atoms with Gasteiger partial charge in [-0.1, -0.05) is 13.8 Å². The molecular formula is C20H32BF3N2O4. The number of amides is 2. The van der Waals surface area contributed by atoms with Gasteiger partial charge in [0.2, 0.25) is 0 Å². The lowest BCUT2D eigenvalue weighted by molar-refractivity contribution is -0.122. The number of benzene rings is 1. The predicted molar refractivity (Wildman–Crippen MR) is 112 cm³/mol. The summed E-state index contributed by atoms with van der Waals surface area (Å²) in [6.45, 7) is 13.9. The molecular weight excluding hydrogens is 400 g/mol. The lowest BCUT2D eigenvalue weighted by atomic mass is 9.78. The highest BCUT2D eigenvalue weighted by Gasteiger charge is 2.51. The molecule has 1 fully saturated rings. The number of anilines is 1. The van der Waals surface area contributed by atoms with E-state index in [4.69, 9.17) is 14.0 Å². The van der Waals surface area contributed by atoms with Crippen molar-refractivity contribution < 1.29 is 32.0 Å². The molecule has 170 valence electrons. The summed E-state index contributed by atoms with van der Waals surface area (Å²) in [6, 6.07) is 3.87. The van der Waals surface area contributed by atoms with Crippen molar-refractivity contribution in [3.05, 3.63) is 18.2 Å². The van der Waals surface area contributed by atoms with Crippen LogP contribution in [0.5, 0.6) is 5.75 Å². The number of hydrogen-bond acceptors (Lipinski definition) is 4. The molecule has 30 heavy (non-hydrogen) atoms. The molecule has 2 rings (SSSR count). The van der Waals surface area contributed by atoms with Gasteiger partial charge in [0.15, 0.2) is 0 Å². The maximum Gasteiger partial charge on any atom is 0.495 e. The summed E-state index contributed by atoms with van der Waals surface area (Å²) >= 11 is 0. The van der Waals surface area contributed by atoms with Gasteiger partial charge >= 0.3 is 19.3 Å². The normalized spacial score (nSPS) is 17.3. The monoisotopic (exact) mass is 432 g/mol. The maximum absolute atomic E-state index is 12.3. The zero-order valence-corrected chi connectivity index (χ0v) is 18.9. The minimum atomic E-state index is -4.49. The van der Waals surface area contributed by atoms with Crippen LogP contribution in [-0.4, -0.2) is 43.2 Å². The fraction of sp³-hybridized carbons (Fsp3) is 0.650. The summed E-state index contributed by atoms with van der Waals surface area (Å²) in [5.74, 6) is 0.438. The Hall–Kier alpha value is -1.94. The number of halogens is 3. The first-order valence-corrected chi connectivity index (χ1v) is 9.97. The fourth-order valence-corrected chi connectivity index (χ4v) is 2.51. The Morgan fingerprint density at radius 1 is 1.10 bits per heavy atom. The molecule has 2 amide bonds. The van der Waals surface area contributed by atoms with E-state index in [-0.39, 0.29) is 11.8 Å². The van der Waals surface area contributed by atoms with Crippen molar-refractivity contribution in [2.75, 3.05) is 11.9 Å². The first kappa shape index (κ1) is 26.1. The Kier molecular flexibility index (Phi) is 8.63. The van der Waals surface area contributed by atoms with Crippen LogP contribution < -0.4 is 20.8 Å². The van der Waals surface area contributed by atoms with Crippen LogP contribution in [0.4, 0.5) is 23.7 Å². The molecule has 1 aromatic rings. The standard InChI is InChI=1S/C18H26BF3N2O4.C2H6/c1-11(2)26-14-8-12(19-27-16(3,4)17(5,6)28-19)7-13(9-14)24-15(25)23-10-18(20,21)22;1-2/h7-9,11H,10H2,1-6H3,(H2,23,24,25);1-2H3. The van der Waals surface area contributed by atoms with Crippen molar-refractivity contribution in [1.29, 1.82) is 0 Å². The lowest BCUT2D eigenvalue weighted by Crippen LogP contribution is -2.41. The summed E-state index contributed by atoms with van der Waals surface area (Å²) in [5.41, 5.74) is -0.278. The molecule has 1 aromatic carbocycles. The topological polar surface area (TPSA) is 68.8 Å². The lowest BCUT2D eigenvalue weighted by Gasteiger charge is -2.32. The van der Waals surface area contributed by atoms with Gasteiger partial charge < -0.3 is 24.7 Å². The molecule has 0 spiro atoms. The third-order valence-electron chi connectivity index (χ3n) is 4.53. The van der Waals surface area contributed by atoms with E-state index in [2.05, 4.69) is 5.32 Å². The Morgan fingerprint density at radius 3 is 2.10 bits per heavy atom. The van der Waals surface area contributed by atoms with E-state index in [1.54, 1.807) is 17.4 Å². The van der Waals surface area contributed by atoms with E-state index in [0.29, 0.717) is 11.2 Å². The molecule has 1 saturated heterocycles. The first-order chi connectivity index (χ1) is 13.7. The van der Waals surface area contributed by atoms with Gasteiger partial charge in [0.1, 0.15) is 12.3 Å². The van der Waals surface area contributed by atoms with E-state index in [9.17, 15) is 18.0 Å². The summed E-state index contributed by atoms with van der Waals surface area (Å²) in [6.07, 6.45) is -4.63. The molecule has 1 heterocycles. The van der Waals surface area contributed by atoms with Crippen LogP contribution in [0.1, 0.15) is 55.4 Å². The van der Waals surface area contributed by atoms with E-state index in [1.165, 1.54) is 6.07 Å². The van der Waals surface area contributed by atoms with Gasteiger partial charge in [-0.15, -0.1) is 0 Å². The van der Waals surface area contributed by atoms with Crippen molar-refractivity contribution in [1.82, 2.24) is 5.32 Å². The molecule has 0 atom stereocenters. The summed E-state index contributed by atoms with van der Waals surface area (Å²) in [7, 11) is -0.709. The van der Waals surface area contributed by atoms with Crippen LogP contribution in [0.15, 0.2) is 18.2 Å². The minimum Gasteiger partial charge on any atom is -0.491 e. The molecule has 0 bridgehead atoms. The number of ether oxygens (including phenoxy) is 1. The Balaban J connectivity index is 0.00000218. The van der Waals surface area contributed by atoms with Crippen LogP contribution in [0.2, 0.25) is 0 Å². The van der Waals surface area contributed by atoms with E-state index in [1.807, 2.05) is 55.4 Å². The SMILES string of the molecule is CC.CC(C)Oc1cc(NC(=O)NCC(F)(F)F)cc(B2OC(C)(C)C(C)(C)O2)c1. The third-order valence-corrected chi connectivity index (χ3v) is 4.53. The zero-order chi connectivity index (χ0) is 23.3. The molecule has 6 nitrogen and oxygen atoms in total. The number of urea groups is 1. The molecule has 0 aliphatic carbocycles. The Bertz CT molecular complexity index is 708. The number of hydrogen-bond donors (Lipinski definition) is 2. The van der Waals surface area contributed by atoms with Crippen molar-refractivity contribution in [3.63, 3.8) is 0 Å². The van der Waals surface area contributed by atoms with Crippen molar-refractivity contribution in [2.24, 2.45) is 0 Å². The highest BCUT2D eigenvalue weighted by atomic mass is 19.4. The van der Waals surface area contributed by atoms with E-state index >= 15 is 0 Å². The van der Waals surface area contributed by atoms with Gasteiger partial charge in [-0.25, -0.2) is 4.79 Å². The van der Waals surface area contributed by atoms with Gasteiger partial charge in [0.05, 0.1) is 17.3 Å². The number of nitrogens with one attached hydrogen (secondary N) is 2. The number of alkyl halides is 3. The molecule has 1 aliphatic heterocycles. The van der Waals surface area contributed by atoms with Gasteiger partial charge in [-0.2, -0.15) is 13.2 Å². The molecule has 0 aromatic heterocycles. The van der Waals surface area contributed by atoms with E-state index < -0.39 is 37.1 Å². The highest BCUT2D eigenvalue weighted by Crippen LogP contribution is 2.37. The summed E-state index contributed by atoms with van der Waals surface area (Å²) in [4.78, 5) is 11.8. The second-order valence-electron chi connectivity index (χ2n) is 7.97. The number of carbonyl (C=O) groups is 1. The van der Waals surface area contributed by atoms with Gasteiger partial charge in [-0.3, -0.25) is 0 Å². The van der Waals surface area contributed by atoms with Crippen LogP contribution in [0.25, 0.3) is 0 Å². The largest absolute Gasteiger partial charge is 0.495 e. The van der Waals surface area contributed by atoms with Crippen molar-refractivity contribution in [2.45, 2.75) is 78.9 Å². The smallest absolute Gasteiger partial charge is 0.491 e. The predicted octanol–water partition coefficient (Wildman–Crippen LogP) is 4.48. The van der Waals surface area contributed by atoms with E-state index in [0.717, 1.165) is 0 Å². The Labute approximate surface area is 177 Å². The van der Waals surface area contributed by atoms with Crippen LogP contribution >= 0.6 is 0 Å². The zero-order valence-electron chi connectivity index (χ0n) is 18.9. The fourth-order valence-electron chi connectivity index (χ4n) is 2.51. The average Bonchev–Trinajstić information content (AvgIpc) is 2.81. The van der Waals surface area contributed by atoms with Gasteiger partial charge in [0, 0.05) is 11.8 Å². The second kappa shape index (κ2) is 9.91. The Morgan fingerprint density at radius 2 is 1.63 bits per heavy atom. The minimum absolute atomic E-state index is 0.138. The maximum atomic E-state index is 12.3. The molecule has 10 heteroatoms. The molecule has 0 unspecified atom stereocenters. The highest BCUT2D eigenvalue weighted by molar-refractivity contribution is 6.62. The average molecular weight is 432 g/mol. The van der Waals surface area contributed by atoms with Crippen molar-refractivity contribution >= 4 is 24.3 Å². The third kappa shape index (κ3) is 7.39. The molecule has 0 saturated carbocycles. The quantitative estimate of drug-likeness (QED) is 0.674. The van der Waals surface area contributed by atoms with Gasteiger partial charge in [0.25, 0.3) is 0 Å². The molecule has 0 radical (unpaired) electrons. The van der Waals surface area contributed by atoms with Gasteiger partial charge in [-0.05, 0) is 59.1 Å². The summed E-state index contributed by atoms with van der Waals surface area (Å²) in [5, 5.41) is 4.16. The molecule has 2 N–H and O–H groups in total. The number of carbonyl (C=O) groups excluding carboxylic acids is 1. The first-order valence-electron chi connectivity index (χ1n) is 9.97. The van der Waals surface area contributed by atoms with Crippen LogP contribution in [0.3, 0.4) is 0 Å². The summed E-state index contributed by atoms with van der Waals surface area (Å²) < 4.78 is 54.5. The van der Waals surface area contributed by atoms with Crippen molar-refractivity contribution in [3.8, 4) is 5.75 Å². The second-order valence-corrected chi connectivity index (χ2v) is 7.97. The number of rotatable bonds is 5.